The van der Waals surface area contributed by atoms with E-state index in [0.29, 0.717) is 18.6 Å². The fourth-order valence-corrected chi connectivity index (χ4v) is 1.01. The molecule has 0 amide bonds. The Hall–Kier alpha value is -1.03. The lowest BCUT2D eigenvalue weighted by atomic mass is 10.2. The number of hydrogen-bond donors (Lipinski definition) is 1. The fraction of sp³-hybridized carbons (Fsp3) is 0.667. The van der Waals surface area contributed by atoms with Crippen LogP contribution in [0.15, 0.2) is 10.7 Å². The minimum atomic E-state index is 0.428. The van der Waals surface area contributed by atoms with Crippen molar-refractivity contribution in [3.63, 3.8) is 0 Å². The van der Waals surface area contributed by atoms with Crippen molar-refractivity contribution in [1.29, 1.82) is 0 Å². The van der Waals surface area contributed by atoms with Crippen LogP contribution in [0.1, 0.15) is 26.0 Å². The number of nitrogens with zero attached hydrogens (tertiary/aromatic N) is 2. The second-order valence-electron chi connectivity index (χ2n) is 3.19. The summed E-state index contributed by atoms with van der Waals surface area (Å²) in [5.74, 6) is 0. The number of hydrogen-bond acceptors (Lipinski definition) is 4. The van der Waals surface area contributed by atoms with Gasteiger partial charge >= 0.3 is 0 Å². The van der Waals surface area contributed by atoms with Crippen LogP contribution in [-0.2, 0) is 6.54 Å². The summed E-state index contributed by atoms with van der Waals surface area (Å²) in [5.41, 5.74) is 6.23. The van der Waals surface area contributed by atoms with Crippen molar-refractivity contribution in [2.45, 2.75) is 32.9 Å². The molecule has 1 unspecified atom stereocenters. The van der Waals surface area contributed by atoms with Gasteiger partial charge in [-0.05, 0) is 13.3 Å². The zero-order chi connectivity index (χ0) is 9.84. The Morgan fingerprint density at radius 2 is 2.38 bits per heavy atom. The molecule has 0 aliphatic carbocycles. The molecule has 0 bridgehead atoms. The smallest absolute Gasteiger partial charge is 0.297 e. The molecule has 0 radical (unpaired) electrons. The second kappa shape index (κ2) is 4.28. The summed E-state index contributed by atoms with van der Waals surface area (Å²) in [4.78, 5) is 6.24. The summed E-state index contributed by atoms with van der Waals surface area (Å²) in [6, 6.07) is 1.08. The lowest BCUT2D eigenvalue weighted by Crippen LogP contribution is -2.28. The van der Waals surface area contributed by atoms with E-state index in [-0.39, 0.29) is 0 Å². The van der Waals surface area contributed by atoms with Crippen LogP contribution in [0, 0.1) is 0 Å². The summed E-state index contributed by atoms with van der Waals surface area (Å²) in [7, 11) is 1.97. The Morgan fingerprint density at radius 1 is 1.69 bits per heavy atom. The van der Waals surface area contributed by atoms with Crippen LogP contribution in [0.3, 0.4) is 0 Å². The van der Waals surface area contributed by atoms with Crippen LogP contribution >= 0.6 is 0 Å². The number of rotatable bonds is 4. The molecule has 74 valence electrons. The third-order valence-electron chi connectivity index (χ3n) is 2.30. The molecule has 0 spiro atoms. The van der Waals surface area contributed by atoms with Gasteiger partial charge in [0.05, 0.1) is 5.69 Å². The quantitative estimate of drug-likeness (QED) is 0.766. The molecule has 0 fully saturated rings. The topological polar surface area (TPSA) is 55.3 Å². The molecule has 1 aromatic heterocycles. The first-order valence-corrected chi connectivity index (χ1v) is 4.56. The molecule has 4 nitrogen and oxygen atoms in total. The SMILES string of the molecule is CCC(C)N(C)c1nc(CN)co1. The molecule has 1 aromatic rings. The average molecular weight is 183 g/mol. The lowest BCUT2D eigenvalue weighted by molar-refractivity contribution is 0.515. The van der Waals surface area contributed by atoms with E-state index in [1.807, 2.05) is 11.9 Å². The van der Waals surface area contributed by atoms with E-state index in [4.69, 9.17) is 10.2 Å². The van der Waals surface area contributed by atoms with Gasteiger partial charge in [0.15, 0.2) is 0 Å². The minimum absolute atomic E-state index is 0.428. The number of anilines is 1. The van der Waals surface area contributed by atoms with E-state index < -0.39 is 0 Å². The Kier molecular flexibility index (Phi) is 3.31. The molecule has 0 aliphatic heterocycles. The first-order valence-electron chi connectivity index (χ1n) is 4.56. The highest BCUT2D eigenvalue weighted by molar-refractivity contribution is 5.26. The standard InChI is InChI=1S/C9H17N3O/c1-4-7(2)12(3)9-11-8(5-10)6-13-9/h6-7H,4-5,10H2,1-3H3. The van der Waals surface area contributed by atoms with Gasteiger partial charge in [-0.2, -0.15) is 4.98 Å². The lowest BCUT2D eigenvalue weighted by Gasteiger charge is -2.21. The number of nitrogens with two attached hydrogens (primary N) is 1. The highest BCUT2D eigenvalue weighted by Crippen LogP contribution is 2.15. The van der Waals surface area contributed by atoms with Gasteiger partial charge in [-0.25, -0.2) is 0 Å². The van der Waals surface area contributed by atoms with Gasteiger partial charge in [-0.1, -0.05) is 6.92 Å². The maximum absolute atomic E-state index is 5.43. The first-order chi connectivity index (χ1) is 6.19. The molecule has 0 saturated heterocycles. The van der Waals surface area contributed by atoms with Gasteiger partial charge in [-0.3, -0.25) is 0 Å². The van der Waals surface area contributed by atoms with Gasteiger partial charge in [0.25, 0.3) is 6.01 Å². The zero-order valence-electron chi connectivity index (χ0n) is 8.45. The molecule has 1 rings (SSSR count). The van der Waals surface area contributed by atoms with Crippen molar-refractivity contribution in [2.75, 3.05) is 11.9 Å². The normalized spacial score (nSPS) is 12.9. The predicted octanol–water partition coefficient (Wildman–Crippen LogP) is 1.37. The van der Waals surface area contributed by atoms with Crippen LogP contribution < -0.4 is 10.6 Å². The van der Waals surface area contributed by atoms with E-state index in [2.05, 4.69) is 18.8 Å². The van der Waals surface area contributed by atoms with E-state index in [0.717, 1.165) is 12.1 Å². The molecule has 1 heterocycles. The Morgan fingerprint density at radius 3 is 2.85 bits per heavy atom. The number of aromatic nitrogens is 1. The molecule has 13 heavy (non-hydrogen) atoms. The monoisotopic (exact) mass is 183 g/mol. The third-order valence-corrected chi connectivity index (χ3v) is 2.30. The molecular weight excluding hydrogens is 166 g/mol. The van der Waals surface area contributed by atoms with E-state index in [1.165, 1.54) is 0 Å². The predicted molar refractivity (Wildman–Crippen MR) is 52.6 cm³/mol. The van der Waals surface area contributed by atoms with Crippen molar-refractivity contribution < 1.29 is 4.42 Å². The Balaban J connectivity index is 2.70. The highest BCUT2D eigenvalue weighted by Gasteiger charge is 2.12. The molecule has 0 aliphatic rings. The van der Waals surface area contributed by atoms with Gasteiger partial charge in [0.1, 0.15) is 6.26 Å². The molecule has 0 saturated carbocycles. The first kappa shape index (κ1) is 10.1. The molecule has 2 N–H and O–H groups in total. The largest absolute Gasteiger partial charge is 0.432 e. The molecule has 4 heteroatoms. The Labute approximate surface area is 78.7 Å². The van der Waals surface area contributed by atoms with Crippen LogP contribution in [0.5, 0.6) is 0 Å². The Bertz CT molecular complexity index is 259. The summed E-state index contributed by atoms with van der Waals surface area (Å²) in [5, 5.41) is 0. The van der Waals surface area contributed by atoms with Gasteiger partial charge in [-0.15, -0.1) is 0 Å². The van der Waals surface area contributed by atoms with E-state index in [1.54, 1.807) is 6.26 Å². The van der Waals surface area contributed by atoms with Crippen molar-refractivity contribution in [3.05, 3.63) is 12.0 Å². The maximum Gasteiger partial charge on any atom is 0.297 e. The zero-order valence-corrected chi connectivity index (χ0v) is 8.45. The van der Waals surface area contributed by atoms with Gasteiger partial charge in [0.2, 0.25) is 0 Å². The maximum atomic E-state index is 5.43. The van der Waals surface area contributed by atoms with Crippen molar-refractivity contribution in [2.24, 2.45) is 5.73 Å². The molecular formula is C9H17N3O. The van der Waals surface area contributed by atoms with Crippen molar-refractivity contribution in [3.8, 4) is 0 Å². The van der Waals surface area contributed by atoms with Crippen LogP contribution in [-0.4, -0.2) is 18.1 Å². The molecule has 1 atom stereocenters. The van der Waals surface area contributed by atoms with E-state index >= 15 is 0 Å². The fourth-order valence-electron chi connectivity index (χ4n) is 1.01. The van der Waals surface area contributed by atoms with Gasteiger partial charge < -0.3 is 15.1 Å². The highest BCUT2D eigenvalue weighted by atomic mass is 16.4. The van der Waals surface area contributed by atoms with Gasteiger partial charge in [0, 0.05) is 19.6 Å². The van der Waals surface area contributed by atoms with Crippen molar-refractivity contribution >= 4 is 6.01 Å². The molecule has 0 aromatic carbocycles. The minimum Gasteiger partial charge on any atom is -0.432 e. The summed E-state index contributed by atoms with van der Waals surface area (Å²) >= 11 is 0. The number of oxazole rings is 1. The van der Waals surface area contributed by atoms with Crippen molar-refractivity contribution in [1.82, 2.24) is 4.98 Å². The summed E-state index contributed by atoms with van der Waals surface area (Å²) < 4.78 is 5.28. The van der Waals surface area contributed by atoms with Crippen LogP contribution in [0.2, 0.25) is 0 Å². The van der Waals surface area contributed by atoms with Crippen LogP contribution in [0.25, 0.3) is 0 Å². The van der Waals surface area contributed by atoms with E-state index in [9.17, 15) is 0 Å². The summed E-state index contributed by atoms with van der Waals surface area (Å²) in [6.45, 7) is 4.69. The summed E-state index contributed by atoms with van der Waals surface area (Å²) in [6.07, 6.45) is 2.67. The second-order valence-corrected chi connectivity index (χ2v) is 3.19. The average Bonchev–Trinajstić information content (AvgIpc) is 2.63. The van der Waals surface area contributed by atoms with Crippen LogP contribution in [0.4, 0.5) is 6.01 Å². The third kappa shape index (κ3) is 2.21.